The molecule has 0 saturated carbocycles. The first-order valence-electron chi connectivity index (χ1n) is 6.75. The lowest BCUT2D eigenvalue weighted by molar-refractivity contribution is 0.327. The zero-order valence-corrected chi connectivity index (χ0v) is 12.3. The molecule has 0 spiro atoms. The van der Waals surface area contributed by atoms with E-state index < -0.39 is 11.6 Å². The van der Waals surface area contributed by atoms with Crippen molar-refractivity contribution in [1.82, 2.24) is 4.90 Å². The van der Waals surface area contributed by atoms with Gasteiger partial charge in [-0.25, -0.2) is 8.78 Å². The van der Waals surface area contributed by atoms with Gasteiger partial charge in [-0.3, -0.25) is 0 Å². The molecule has 0 radical (unpaired) electrons. The lowest BCUT2D eigenvalue weighted by Gasteiger charge is -2.22. The molecule has 0 amide bonds. The monoisotopic (exact) mass is 299 g/mol. The largest absolute Gasteiger partial charge is 0.389 e. The summed E-state index contributed by atoms with van der Waals surface area (Å²) in [5, 5.41) is 2.90. The third-order valence-corrected chi connectivity index (χ3v) is 3.68. The van der Waals surface area contributed by atoms with E-state index in [4.69, 9.17) is 18.0 Å². The van der Waals surface area contributed by atoms with E-state index in [1.807, 2.05) is 6.92 Å². The van der Waals surface area contributed by atoms with Crippen LogP contribution in [0.5, 0.6) is 0 Å². The van der Waals surface area contributed by atoms with E-state index in [0.717, 1.165) is 31.8 Å². The fourth-order valence-corrected chi connectivity index (χ4v) is 2.62. The maximum Gasteiger partial charge on any atom is 0.150 e. The normalized spacial score (nSPS) is 17.1. The van der Waals surface area contributed by atoms with Gasteiger partial charge in [0.25, 0.3) is 0 Å². The molecule has 20 heavy (non-hydrogen) atoms. The summed E-state index contributed by atoms with van der Waals surface area (Å²) in [5.41, 5.74) is 5.47. The van der Waals surface area contributed by atoms with E-state index in [0.29, 0.717) is 0 Å². The molecule has 1 aromatic rings. The second-order valence-corrected chi connectivity index (χ2v) is 5.67. The van der Waals surface area contributed by atoms with Crippen LogP contribution in [0.3, 0.4) is 0 Å². The maximum atomic E-state index is 13.9. The Hall–Kier alpha value is -1.27. The molecule has 0 aliphatic carbocycles. The first kappa shape index (κ1) is 15.1. The van der Waals surface area contributed by atoms with Gasteiger partial charge in [0.15, 0.2) is 0 Å². The molecule has 1 aliphatic heterocycles. The molecular formula is C14H19F2N3S. The number of hydrogen-bond acceptors (Lipinski definition) is 3. The summed E-state index contributed by atoms with van der Waals surface area (Å²) >= 11 is 4.73. The average molecular weight is 299 g/mol. The fraction of sp³-hybridized carbons (Fsp3) is 0.500. The van der Waals surface area contributed by atoms with Crippen LogP contribution in [0.25, 0.3) is 0 Å². The van der Waals surface area contributed by atoms with Crippen molar-refractivity contribution in [3.63, 3.8) is 0 Å². The van der Waals surface area contributed by atoms with Crippen molar-refractivity contribution in [2.24, 2.45) is 5.73 Å². The van der Waals surface area contributed by atoms with Crippen molar-refractivity contribution in [1.29, 1.82) is 0 Å². The summed E-state index contributed by atoms with van der Waals surface area (Å²) in [5.74, 6) is -1.33. The molecule has 1 heterocycles. The van der Waals surface area contributed by atoms with Crippen molar-refractivity contribution in [2.45, 2.75) is 25.8 Å². The van der Waals surface area contributed by atoms with E-state index in [-0.39, 0.29) is 22.3 Å². The van der Waals surface area contributed by atoms with E-state index in [2.05, 4.69) is 10.2 Å². The number of nitrogens with one attached hydrogen (secondary N) is 1. The molecule has 0 aromatic heterocycles. The third kappa shape index (κ3) is 3.64. The van der Waals surface area contributed by atoms with E-state index in [1.165, 1.54) is 12.8 Å². The van der Waals surface area contributed by atoms with Gasteiger partial charge >= 0.3 is 0 Å². The SMILES string of the molecule is CC(CN1CCCC1)Nc1c(F)cc(C(N)=S)cc1F. The minimum Gasteiger partial charge on any atom is -0.389 e. The molecule has 110 valence electrons. The van der Waals surface area contributed by atoms with Gasteiger partial charge < -0.3 is 16.0 Å². The predicted molar refractivity (Wildman–Crippen MR) is 81.0 cm³/mol. The average Bonchev–Trinajstić information content (AvgIpc) is 2.86. The minimum absolute atomic E-state index is 0.0144. The Morgan fingerprint density at radius 2 is 1.90 bits per heavy atom. The Morgan fingerprint density at radius 3 is 2.40 bits per heavy atom. The van der Waals surface area contributed by atoms with Crippen molar-refractivity contribution >= 4 is 22.9 Å². The Kier molecular flexibility index (Phi) is 4.88. The van der Waals surface area contributed by atoms with Crippen LogP contribution in [0.2, 0.25) is 0 Å². The smallest absolute Gasteiger partial charge is 0.150 e. The van der Waals surface area contributed by atoms with Crippen LogP contribution in [0.15, 0.2) is 12.1 Å². The summed E-state index contributed by atoms with van der Waals surface area (Å²) in [7, 11) is 0. The number of anilines is 1. The Labute approximate surface area is 123 Å². The number of thiocarbonyl (C=S) groups is 1. The number of rotatable bonds is 5. The van der Waals surface area contributed by atoms with Gasteiger partial charge in [0.2, 0.25) is 0 Å². The van der Waals surface area contributed by atoms with Gasteiger partial charge in [0.1, 0.15) is 22.3 Å². The van der Waals surface area contributed by atoms with Gasteiger partial charge in [-0.05, 0) is 45.0 Å². The molecule has 1 atom stereocenters. The van der Waals surface area contributed by atoms with Crippen molar-refractivity contribution in [3.8, 4) is 0 Å². The lowest BCUT2D eigenvalue weighted by atomic mass is 10.1. The summed E-state index contributed by atoms with van der Waals surface area (Å²) in [6, 6.07) is 2.29. The third-order valence-electron chi connectivity index (χ3n) is 3.45. The van der Waals surface area contributed by atoms with Gasteiger partial charge in [-0.15, -0.1) is 0 Å². The van der Waals surface area contributed by atoms with E-state index >= 15 is 0 Å². The number of hydrogen-bond donors (Lipinski definition) is 2. The molecule has 6 heteroatoms. The molecule has 1 unspecified atom stereocenters. The van der Waals surface area contributed by atoms with Crippen LogP contribution < -0.4 is 11.1 Å². The van der Waals surface area contributed by atoms with E-state index in [9.17, 15) is 8.78 Å². The highest BCUT2D eigenvalue weighted by molar-refractivity contribution is 7.80. The minimum atomic E-state index is -0.666. The van der Waals surface area contributed by atoms with Crippen LogP contribution in [0.1, 0.15) is 25.3 Å². The zero-order chi connectivity index (χ0) is 14.7. The zero-order valence-electron chi connectivity index (χ0n) is 11.5. The molecule has 1 fully saturated rings. The fourth-order valence-electron chi connectivity index (χ4n) is 2.50. The Balaban J connectivity index is 2.06. The molecule has 1 saturated heterocycles. The maximum absolute atomic E-state index is 13.9. The van der Waals surface area contributed by atoms with Crippen LogP contribution in [0, 0.1) is 11.6 Å². The van der Waals surface area contributed by atoms with Crippen molar-refractivity contribution in [3.05, 3.63) is 29.3 Å². The topological polar surface area (TPSA) is 41.3 Å². The van der Waals surface area contributed by atoms with Crippen LogP contribution in [0.4, 0.5) is 14.5 Å². The molecule has 1 aliphatic rings. The number of likely N-dealkylation sites (tertiary alicyclic amines) is 1. The number of nitrogens with zero attached hydrogens (tertiary/aromatic N) is 1. The number of halogens is 2. The first-order valence-corrected chi connectivity index (χ1v) is 7.16. The van der Waals surface area contributed by atoms with Crippen LogP contribution in [-0.4, -0.2) is 35.6 Å². The molecule has 3 nitrogen and oxygen atoms in total. The summed E-state index contributed by atoms with van der Waals surface area (Å²) < 4.78 is 27.8. The molecule has 3 N–H and O–H groups in total. The standard InChI is InChI=1S/C14H19F2N3S/c1-9(8-19-4-2-3-5-19)18-13-11(15)6-10(14(17)20)7-12(13)16/h6-7,9,18H,2-5,8H2,1H3,(H2,17,20). The van der Waals surface area contributed by atoms with Gasteiger partial charge in [0.05, 0.1) is 0 Å². The Bertz CT molecular complexity index is 478. The van der Waals surface area contributed by atoms with Crippen molar-refractivity contribution in [2.75, 3.05) is 25.0 Å². The van der Waals surface area contributed by atoms with Gasteiger partial charge in [-0.1, -0.05) is 12.2 Å². The highest BCUT2D eigenvalue weighted by Gasteiger charge is 2.18. The quantitative estimate of drug-likeness (QED) is 0.820. The second-order valence-electron chi connectivity index (χ2n) is 5.23. The van der Waals surface area contributed by atoms with Gasteiger partial charge in [0, 0.05) is 18.2 Å². The number of benzene rings is 1. The van der Waals surface area contributed by atoms with Crippen LogP contribution >= 0.6 is 12.2 Å². The van der Waals surface area contributed by atoms with Crippen molar-refractivity contribution < 1.29 is 8.78 Å². The van der Waals surface area contributed by atoms with Gasteiger partial charge in [-0.2, -0.15) is 0 Å². The number of nitrogens with two attached hydrogens (primary N) is 1. The lowest BCUT2D eigenvalue weighted by Crippen LogP contribution is -2.33. The molecule has 2 rings (SSSR count). The Morgan fingerprint density at radius 1 is 1.35 bits per heavy atom. The highest BCUT2D eigenvalue weighted by Crippen LogP contribution is 2.22. The molecule has 1 aromatic carbocycles. The summed E-state index contributed by atoms with van der Waals surface area (Å²) in [6.45, 7) is 4.79. The summed E-state index contributed by atoms with van der Waals surface area (Å²) in [6.07, 6.45) is 2.39. The van der Waals surface area contributed by atoms with E-state index in [1.54, 1.807) is 0 Å². The highest BCUT2D eigenvalue weighted by atomic mass is 32.1. The predicted octanol–water partition coefficient (Wildman–Crippen LogP) is 2.50. The summed E-state index contributed by atoms with van der Waals surface area (Å²) in [4.78, 5) is 2.27. The van der Waals surface area contributed by atoms with Crippen LogP contribution in [-0.2, 0) is 0 Å². The second kappa shape index (κ2) is 6.45. The molecule has 0 bridgehead atoms. The molecular weight excluding hydrogens is 280 g/mol. The first-order chi connectivity index (χ1) is 9.47.